The lowest BCUT2D eigenvalue weighted by molar-refractivity contribution is -0.120. The number of thiazole rings is 1. The summed E-state index contributed by atoms with van der Waals surface area (Å²) in [5.41, 5.74) is 5.93. The van der Waals surface area contributed by atoms with Crippen LogP contribution in [0.5, 0.6) is 0 Å². The van der Waals surface area contributed by atoms with Crippen LogP contribution in [0.1, 0.15) is 38.3 Å². The van der Waals surface area contributed by atoms with Gasteiger partial charge in [-0.15, -0.1) is 11.3 Å². The van der Waals surface area contributed by atoms with E-state index in [1.807, 2.05) is 18.2 Å². The van der Waals surface area contributed by atoms with Gasteiger partial charge in [0.25, 0.3) is 5.91 Å². The molecular formula is C22H23N3O2S. The molecule has 0 bridgehead atoms. The molecule has 0 spiro atoms. The van der Waals surface area contributed by atoms with E-state index in [0.29, 0.717) is 22.9 Å². The largest absolute Gasteiger partial charge is 0.352 e. The predicted molar refractivity (Wildman–Crippen MR) is 113 cm³/mol. The Hall–Kier alpha value is -2.99. The van der Waals surface area contributed by atoms with E-state index in [4.69, 9.17) is 0 Å². The number of nitrogens with zero attached hydrogens (tertiary/aromatic N) is 1. The van der Waals surface area contributed by atoms with E-state index in [2.05, 4.69) is 48.5 Å². The minimum absolute atomic E-state index is 0.0920. The summed E-state index contributed by atoms with van der Waals surface area (Å²) in [4.78, 5) is 28.8. The van der Waals surface area contributed by atoms with Crippen molar-refractivity contribution in [2.45, 2.75) is 33.7 Å². The average molecular weight is 394 g/mol. The van der Waals surface area contributed by atoms with Crippen molar-refractivity contribution in [3.8, 4) is 0 Å². The van der Waals surface area contributed by atoms with Crippen molar-refractivity contribution < 1.29 is 9.59 Å². The number of benzene rings is 2. The number of anilines is 1. The molecule has 0 aliphatic heterocycles. The minimum Gasteiger partial charge on any atom is -0.352 e. The van der Waals surface area contributed by atoms with Gasteiger partial charge >= 0.3 is 0 Å². The molecule has 6 heteroatoms. The maximum Gasteiger partial charge on any atom is 0.257 e. The van der Waals surface area contributed by atoms with Gasteiger partial charge in [0.05, 0.1) is 12.1 Å². The fraction of sp³-hybridized carbons (Fsp3) is 0.227. The molecule has 0 saturated carbocycles. The third kappa shape index (κ3) is 5.04. The highest BCUT2D eigenvalue weighted by molar-refractivity contribution is 7.14. The first-order valence-corrected chi connectivity index (χ1v) is 9.94. The lowest BCUT2D eigenvalue weighted by Crippen LogP contribution is -2.25. The quantitative estimate of drug-likeness (QED) is 0.660. The highest BCUT2D eigenvalue weighted by Crippen LogP contribution is 2.18. The molecule has 0 unspecified atom stereocenters. The maximum absolute atomic E-state index is 12.3. The summed E-state index contributed by atoms with van der Waals surface area (Å²) in [6.45, 7) is 6.69. The zero-order valence-electron chi connectivity index (χ0n) is 16.2. The molecule has 0 fully saturated rings. The first-order valence-electron chi connectivity index (χ1n) is 9.06. The Labute approximate surface area is 168 Å². The van der Waals surface area contributed by atoms with E-state index >= 15 is 0 Å². The number of hydrogen-bond acceptors (Lipinski definition) is 4. The van der Waals surface area contributed by atoms with Crippen LogP contribution in [0.15, 0.2) is 47.8 Å². The summed E-state index contributed by atoms with van der Waals surface area (Å²) in [6.07, 6.45) is 0.182. The van der Waals surface area contributed by atoms with Crippen molar-refractivity contribution in [1.29, 1.82) is 0 Å². The highest BCUT2D eigenvalue weighted by Gasteiger charge is 2.12. The Morgan fingerprint density at radius 1 is 1.04 bits per heavy atom. The maximum atomic E-state index is 12.3. The topological polar surface area (TPSA) is 71.1 Å². The standard InChI is InChI=1S/C22H23N3O2S/c1-14-9-15(2)19(16(3)10-14)12-23-20(26)11-18-13-28-22(24-18)25-21(27)17-7-5-4-6-8-17/h4-10,13H,11-12H2,1-3H3,(H,23,26)(H,24,25,27). The van der Waals surface area contributed by atoms with Gasteiger partial charge < -0.3 is 5.32 Å². The van der Waals surface area contributed by atoms with Crippen LogP contribution in [-0.4, -0.2) is 16.8 Å². The molecule has 28 heavy (non-hydrogen) atoms. The van der Waals surface area contributed by atoms with E-state index < -0.39 is 0 Å². The number of aromatic nitrogens is 1. The van der Waals surface area contributed by atoms with Crippen molar-refractivity contribution in [3.05, 3.63) is 81.4 Å². The van der Waals surface area contributed by atoms with Crippen LogP contribution < -0.4 is 10.6 Å². The molecule has 0 atom stereocenters. The molecule has 0 aliphatic carbocycles. The minimum atomic E-state index is -0.212. The zero-order chi connectivity index (χ0) is 20.1. The van der Waals surface area contributed by atoms with Gasteiger partial charge in [-0.1, -0.05) is 35.9 Å². The molecule has 0 aliphatic rings. The fourth-order valence-corrected chi connectivity index (χ4v) is 3.81. The Morgan fingerprint density at radius 3 is 2.39 bits per heavy atom. The second kappa shape index (κ2) is 8.80. The predicted octanol–water partition coefficient (Wildman–Crippen LogP) is 4.18. The van der Waals surface area contributed by atoms with Gasteiger partial charge in [-0.3, -0.25) is 14.9 Å². The summed E-state index contributed by atoms with van der Waals surface area (Å²) >= 11 is 1.31. The third-order valence-corrected chi connectivity index (χ3v) is 5.26. The van der Waals surface area contributed by atoms with E-state index in [-0.39, 0.29) is 18.2 Å². The third-order valence-electron chi connectivity index (χ3n) is 4.45. The normalized spacial score (nSPS) is 10.5. The van der Waals surface area contributed by atoms with Crippen molar-refractivity contribution in [1.82, 2.24) is 10.3 Å². The van der Waals surface area contributed by atoms with Crippen LogP contribution in [-0.2, 0) is 17.8 Å². The summed E-state index contributed by atoms with van der Waals surface area (Å²) in [6, 6.07) is 13.2. The summed E-state index contributed by atoms with van der Waals surface area (Å²) < 4.78 is 0. The average Bonchev–Trinajstić information content (AvgIpc) is 3.08. The van der Waals surface area contributed by atoms with Gasteiger partial charge in [0.15, 0.2) is 5.13 Å². The Bertz CT molecular complexity index is 973. The molecule has 2 amide bonds. The molecule has 0 radical (unpaired) electrons. The fourth-order valence-electron chi connectivity index (χ4n) is 3.11. The number of amides is 2. The molecule has 1 aromatic heterocycles. The lowest BCUT2D eigenvalue weighted by atomic mass is 10.00. The molecule has 3 aromatic rings. The first-order chi connectivity index (χ1) is 13.4. The number of hydrogen-bond donors (Lipinski definition) is 2. The number of aryl methyl sites for hydroxylation is 3. The van der Waals surface area contributed by atoms with E-state index in [0.717, 1.165) is 5.56 Å². The Balaban J connectivity index is 1.55. The molecule has 3 rings (SSSR count). The highest BCUT2D eigenvalue weighted by atomic mass is 32.1. The van der Waals surface area contributed by atoms with Crippen molar-refractivity contribution in [2.75, 3.05) is 5.32 Å². The first kappa shape index (κ1) is 19.8. The van der Waals surface area contributed by atoms with E-state index in [1.54, 1.807) is 17.5 Å². The van der Waals surface area contributed by atoms with Gasteiger partial charge in [0, 0.05) is 17.5 Å². The summed E-state index contributed by atoms with van der Waals surface area (Å²) in [5.74, 6) is -0.304. The van der Waals surface area contributed by atoms with Gasteiger partial charge in [-0.2, -0.15) is 0 Å². The second-order valence-corrected chi connectivity index (χ2v) is 7.65. The van der Waals surface area contributed by atoms with Crippen LogP contribution in [0.3, 0.4) is 0 Å². The summed E-state index contributed by atoms with van der Waals surface area (Å²) in [5, 5.41) is 8.01. The molecular weight excluding hydrogens is 370 g/mol. The molecule has 0 saturated heterocycles. The molecule has 2 aromatic carbocycles. The lowest BCUT2D eigenvalue weighted by Gasteiger charge is -2.12. The van der Waals surface area contributed by atoms with Crippen LogP contribution in [0.4, 0.5) is 5.13 Å². The molecule has 5 nitrogen and oxygen atoms in total. The van der Waals surface area contributed by atoms with Crippen LogP contribution in [0, 0.1) is 20.8 Å². The summed E-state index contributed by atoms with van der Waals surface area (Å²) in [7, 11) is 0. The van der Waals surface area contributed by atoms with Gasteiger partial charge in [-0.05, 0) is 49.6 Å². The Morgan fingerprint density at radius 2 is 1.71 bits per heavy atom. The number of rotatable bonds is 6. The molecule has 144 valence electrons. The smallest absolute Gasteiger partial charge is 0.257 e. The van der Waals surface area contributed by atoms with Crippen LogP contribution >= 0.6 is 11.3 Å². The number of carbonyl (C=O) groups is 2. The van der Waals surface area contributed by atoms with Crippen molar-refractivity contribution >= 4 is 28.3 Å². The molecule has 2 N–H and O–H groups in total. The molecule has 1 heterocycles. The van der Waals surface area contributed by atoms with Gasteiger partial charge in [-0.25, -0.2) is 4.98 Å². The Kier molecular flexibility index (Phi) is 6.21. The van der Waals surface area contributed by atoms with E-state index in [9.17, 15) is 9.59 Å². The monoisotopic (exact) mass is 393 g/mol. The van der Waals surface area contributed by atoms with Crippen LogP contribution in [0.25, 0.3) is 0 Å². The van der Waals surface area contributed by atoms with Gasteiger partial charge in [0.1, 0.15) is 0 Å². The van der Waals surface area contributed by atoms with Crippen molar-refractivity contribution in [2.24, 2.45) is 0 Å². The van der Waals surface area contributed by atoms with E-state index in [1.165, 1.54) is 28.0 Å². The van der Waals surface area contributed by atoms with Crippen LogP contribution in [0.2, 0.25) is 0 Å². The van der Waals surface area contributed by atoms with Crippen molar-refractivity contribution in [3.63, 3.8) is 0 Å². The second-order valence-electron chi connectivity index (χ2n) is 6.79. The zero-order valence-corrected chi connectivity index (χ0v) is 17.0. The number of carbonyl (C=O) groups excluding carboxylic acids is 2. The number of nitrogens with one attached hydrogen (secondary N) is 2. The van der Waals surface area contributed by atoms with Gasteiger partial charge in [0.2, 0.25) is 5.91 Å². The SMILES string of the molecule is Cc1cc(C)c(CNC(=O)Cc2csc(NC(=O)c3ccccc3)n2)c(C)c1.